The molecule has 2 aromatic rings. The van der Waals surface area contributed by atoms with Crippen LogP contribution < -0.4 is 9.54 Å². The molecule has 0 fully saturated rings. The van der Waals surface area contributed by atoms with Crippen molar-refractivity contribution >= 4 is 38.4 Å². The minimum Gasteiger partial charge on any atom is -0.406 e. The van der Waals surface area contributed by atoms with Crippen LogP contribution in [0.1, 0.15) is 6.92 Å². The molecule has 1 aromatic heterocycles. The van der Waals surface area contributed by atoms with Crippen LogP contribution in [0.2, 0.25) is 0 Å². The number of benzene rings is 1. The summed E-state index contributed by atoms with van der Waals surface area (Å²) < 4.78 is 42.6. The van der Waals surface area contributed by atoms with Crippen molar-refractivity contribution in [1.82, 2.24) is 4.57 Å². The number of carbonyl (C=O) groups is 1. The Bertz CT molecular complexity index is 721. The monoisotopic (exact) mass is 336 g/mol. The Morgan fingerprint density at radius 2 is 2.19 bits per heavy atom. The highest BCUT2D eigenvalue weighted by molar-refractivity contribution is 8.13. The number of aromatic nitrogens is 1. The van der Waals surface area contributed by atoms with E-state index in [9.17, 15) is 18.0 Å². The van der Waals surface area contributed by atoms with Crippen LogP contribution in [-0.2, 0) is 11.3 Å². The average Bonchev–Trinajstić information content (AvgIpc) is 2.62. The van der Waals surface area contributed by atoms with Gasteiger partial charge in [0, 0.05) is 19.2 Å². The van der Waals surface area contributed by atoms with Gasteiger partial charge in [0.25, 0.3) is 0 Å². The van der Waals surface area contributed by atoms with Crippen molar-refractivity contribution in [2.75, 3.05) is 5.75 Å². The highest BCUT2D eigenvalue weighted by Crippen LogP contribution is 2.27. The summed E-state index contributed by atoms with van der Waals surface area (Å²) in [6.07, 6.45) is -4.73. The van der Waals surface area contributed by atoms with Gasteiger partial charge in [-0.1, -0.05) is 23.1 Å². The Morgan fingerprint density at radius 3 is 2.81 bits per heavy atom. The Morgan fingerprint density at radius 1 is 1.48 bits per heavy atom. The molecule has 0 aliphatic carbocycles. The van der Waals surface area contributed by atoms with Crippen molar-refractivity contribution in [2.45, 2.75) is 19.8 Å². The van der Waals surface area contributed by atoms with Gasteiger partial charge in [-0.05, 0) is 18.2 Å². The molecule has 0 saturated heterocycles. The van der Waals surface area contributed by atoms with E-state index in [-0.39, 0.29) is 15.7 Å². The van der Waals surface area contributed by atoms with Gasteiger partial charge in [-0.3, -0.25) is 10.2 Å². The first-order valence-corrected chi connectivity index (χ1v) is 7.63. The first-order valence-electron chi connectivity index (χ1n) is 5.83. The largest absolute Gasteiger partial charge is 0.573 e. The van der Waals surface area contributed by atoms with Crippen molar-refractivity contribution < 1.29 is 22.7 Å². The number of hydrogen-bond acceptors (Lipinski definition) is 5. The minimum absolute atomic E-state index is 0.0115. The lowest BCUT2D eigenvalue weighted by molar-refractivity contribution is -0.274. The number of nitrogens with zero attached hydrogens (tertiary/aromatic N) is 1. The molecule has 114 valence electrons. The number of hydrogen-bond donors (Lipinski definition) is 1. The fourth-order valence-corrected chi connectivity index (χ4v) is 3.29. The summed E-state index contributed by atoms with van der Waals surface area (Å²) in [5, 5.41) is 7.85. The predicted octanol–water partition coefficient (Wildman–Crippen LogP) is 3.36. The normalized spacial score (nSPS) is 11.8. The predicted molar refractivity (Wildman–Crippen MR) is 75.5 cm³/mol. The van der Waals surface area contributed by atoms with Crippen LogP contribution in [0, 0.1) is 5.41 Å². The van der Waals surface area contributed by atoms with E-state index in [4.69, 9.17) is 5.41 Å². The molecule has 1 heterocycles. The molecule has 9 heteroatoms. The van der Waals surface area contributed by atoms with E-state index in [0.717, 1.165) is 23.1 Å². The van der Waals surface area contributed by atoms with Gasteiger partial charge in [0.1, 0.15) is 5.75 Å². The third-order valence-electron chi connectivity index (χ3n) is 2.53. The van der Waals surface area contributed by atoms with Gasteiger partial charge in [-0.15, -0.1) is 13.2 Å². The molecule has 0 aliphatic rings. The number of ether oxygens (including phenoxy) is 1. The molecule has 0 unspecified atom stereocenters. The molecule has 0 amide bonds. The third kappa shape index (κ3) is 4.24. The van der Waals surface area contributed by atoms with E-state index in [1.54, 1.807) is 4.57 Å². The molecule has 0 bridgehead atoms. The molecule has 1 N–H and O–H groups in total. The number of rotatable bonds is 4. The number of alkyl halides is 3. The van der Waals surface area contributed by atoms with Crippen molar-refractivity contribution in [3.05, 3.63) is 23.0 Å². The summed E-state index contributed by atoms with van der Waals surface area (Å²) in [7, 11) is 0. The number of fused-ring (bicyclic) bond motifs is 1. The smallest absolute Gasteiger partial charge is 0.406 e. The van der Waals surface area contributed by atoms with Crippen LogP contribution >= 0.6 is 23.1 Å². The second-order valence-corrected chi connectivity index (χ2v) is 6.38. The van der Waals surface area contributed by atoms with Crippen LogP contribution in [0.3, 0.4) is 0 Å². The summed E-state index contributed by atoms with van der Waals surface area (Å²) in [6.45, 7) is 1.91. The second kappa shape index (κ2) is 6.10. The Kier molecular flexibility index (Phi) is 4.62. The number of aryl methyl sites for hydroxylation is 1. The second-order valence-electron chi connectivity index (χ2n) is 4.08. The van der Waals surface area contributed by atoms with E-state index in [0.29, 0.717) is 22.5 Å². The van der Waals surface area contributed by atoms with Gasteiger partial charge in [0.15, 0.2) is 9.92 Å². The van der Waals surface area contributed by atoms with Crippen LogP contribution in [0.15, 0.2) is 18.2 Å². The number of thioether (sulfide) groups is 1. The lowest BCUT2D eigenvalue weighted by Gasteiger charge is -2.09. The fourth-order valence-electron chi connectivity index (χ4n) is 1.77. The lowest BCUT2D eigenvalue weighted by atomic mass is 10.3. The Labute approximate surface area is 126 Å². The van der Waals surface area contributed by atoms with Crippen LogP contribution in [0.5, 0.6) is 5.75 Å². The van der Waals surface area contributed by atoms with Crippen LogP contribution in [0.4, 0.5) is 13.2 Å². The third-order valence-corrected chi connectivity index (χ3v) is 4.28. The van der Waals surface area contributed by atoms with E-state index in [2.05, 4.69) is 4.74 Å². The fraction of sp³-hybridized carbons (Fsp3) is 0.333. The van der Waals surface area contributed by atoms with E-state index in [1.165, 1.54) is 25.1 Å². The zero-order chi connectivity index (χ0) is 15.6. The van der Waals surface area contributed by atoms with Gasteiger partial charge < -0.3 is 9.30 Å². The molecule has 4 nitrogen and oxygen atoms in total. The maximum absolute atomic E-state index is 12.2. The molecule has 0 atom stereocenters. The molecular weight excluding hydrogens is 325 g/mol. The summed E-state index contributed by atoms with van der Waals surface area (Å²) in [5.41, 5.74) is 0.656. The zero-order valence-corrected chi connectivity index (χ0v) is 12.5. The van der Waals surface area contributed by atoms with Gasteiger partial charge in [0.2, 0.25) is 0 Å². The molecule has 1 aromatic carbocycles. The molecule has 0 aliphatic heterocycles. The molecule has 21 heavy (non-hydrogen) atoms. The van der Waals surface area contributed by atoms with Crippen molar-refractivity contribution in [3.63, 3.8) is 0 Å². The molecule has 0 spiro atoms. The van der Waals surface area contributed by atoms with Crippen molar-refractivity contribution in [3.8, 4) is 5.75 Å². The van der Waals surface area contributed by atoms with Gasteiger partial charge in [0.05, 0.1) is 10.2 Å². The lowest BCUT2D eigenvalue weighted by Crippen LogP contribution is -2.17. The van der Waals surface area contributed by atoms with Crippen LogP contribution in [0.25, 0.3) is 10.2 Å². The van der Waals surface area contributed by atoms with E-state index in [1.807, 2.05) is 0 Å². The standard InChI is InChI=1S/C12H11F3N2O2S2/c1-7(18)20-5-4-17-9-3-2-8(19-12(13,14)15)6-10(9)21-11(17)16/h2-3,6,16H,4-5H2,1H3. The summed E-state index contributed by atoms with van der Waals surface area (Å²) in [5.74, 6) is 0.208. The molecule has 2 rings (SSSR count). The Balaban J connectivity index is 2.26. The maximum atomic E-state index is 12.2. The maximum Gasteiger partial charge on any atom is 0.573 e. The van der Waals surface area contributed by atoms with Crippen molar-refractivity contribution in [2.24, 2.45) is 0 Å². The SMILES string of the molecule is CC(=O)SCCn1c(=N)sc2cc(OC(F)(F)F)ccc21. The average molecular weight is 336 g/mol. The highest BCUT2D eigenvalue weighted by Gasteiger charge is 2.31. The molecular formula is C12H11F3N2O2S2. The number of carbonyl (C=O) groups excluding carboxylic acids is 1. The van der Waals surface area contributed by atoms with E-state index >= 15 is 0 Å². The van der Waals surface area contributed by atoms with Gasteiger partial charge in [-0.25, -0.2) is 0 Å². The minimum atomic E-state index is -4.73. The number of halogens is 3. The first kappa shape index (κ1) is 15.9. The quantitative estimate of drug-likeness (QED) is 0.931. The number of thiazole rings is 1. The van der Waals surface area contributed by atoms with Gasteiger partial charge in [-0.2, -0.15) is 0 Å². The highest BCUT2D eigenvalue weighted by atomic mass is 32.2. The van der Waals surface area contributed by atoms with Gasteiger partial charge >= 0.3 is 6.36 Å². The van der Waals surface area contributed by atoms with Crippen molar-refractivity contribution in [1.29, 1.82) is 5.41 Å². The summed E-state index contributed by atoms with van der Waals surface area (Å²) >= 11 is 2.21. The summed E-state index contributed by atoms with van der Waals surface area (Å²) in [6, 6.07) is 3.97. The topological polar surface area (TPSA) is 55.1 Å². The number of nitrogens with one attached hydrogen (secondary N) is 1. The Hall–Kier alpha value is -1.48. The molecule has 0 saturated carbocycles. The van der Waals surface area contributed by atoms with E-state index < -0.39 is 6.36 Å². The summed E-state index contributed by atoms with van der Waals surface area (Å²) in [4.78, 5) is 11.1. The van der Waals surface area contributed by atoms with Crippen LogP contribution in [-0.4, -0.2) is 21.8 Å². The first-order chi connectivity index (χ1) is 9.76. The molecule has 0 radical (unpaired) electrons. The zero-order valence-electron chi connectivity index (χ0n) is 10.9.